The van der Waals surface area contributed by atoms with E-state index in [4.69, 9.17) is 4.74 Å². The predicted octanol–water partition coefficient (Wildman–Crippen LogP) is 3.54. The molecule has 4 aromatic rings. The highest BCUT2D eigenvalue weighted by Crippen LogP contribution is 2.36. The van der Waals surface area contributed by atoms with E-state index in [2.05, 4.69) is 42.1 Å². The van der Waals surface area contributed by atoms with Crippen molar-refractivity contribution in [3.63, 3.8) is 0 Å². The SMILES string of the molecule is C[C@H]1CN(C(=O)c2cnccn2)CCN1C1CC(C(=O)Nc2nc3ccc(-c4cnc(CO[C@H]5CCC[C@@H]5O)nc4)cc3s2)C1. The van der Waals surface area contributed by atoms with Gasteiger partial charge in [0.25, 0.3) is 5.91 Å². The summed E-state index contributed by atoms with van der Waals surface area (Å²) >= 11 is 1.46. The van der Waals surface area contributed by atoms with Gasteiger partial charge in [-0.05, 0) is 56.7 Å². The van der Waals surface area contributed by atoms with Crippen molar-refractivity contribution in [3.05, 3.63) is 60.7 Å². The molecule has 0 unspecified atom stereocenters. The number of thiazole rings is 1. The first kappa shape index (κ1) is 29.8. The summed E-state index contributed by atoms with van der Waals surface area (Å²) in [6.07, 6.45) is 11.9. The third kappa shape index (κ3) is 6.43. The smallest absolute Gasteiger partial charge is 0.274 e. The molecule has 3 aromatic heterocycles. The number of carbonyl (C=O) groups excluding carboxylic acids is 2. The lowest BCUT2D eigenvalue weighted by molar-refractivity contribution is -0.125. The molecule has 1 aliphatic heterocycles. The molecule has 1 aromatic carbocycles. The van der Waals surface area contributed by atoms with E-state index in [0.717, 1.165) is 60.0 Å². The van der Waals surface area contributed by atoms with Gasteiger partial charge in [-0.2, -0.15) is 0 Å². The Kier molecular flexibility index (Phi) is 8.49. The standard InChI is InChI=1S/C32H36N8O4S/c1-19-17-39(31(43)25-16-33-7-8-34-25)9-10-40(19)23-11-21(12-23)30(42)38-32-37-24-6-5-20(13-28(24)45-32)22-14-35-29(36-15-22)18-44-27-4-2-3-26(27)41/h5-8,13-16,19,21,23,26-27,41H,2-4,9-12,17-18H2,1H3,(H,37,38,42)/t19-,21?,23?,26-,27-/m0/s1. The second kappa shape index (κ2) is 12.8. The van der Waals surface area contributed by atoms with Crippen molar-refractivity contribution < 1.29 is 19.4 Å². The molecule has 45 heavy (non-hydrogen) atoms. The number of ether oxygens (including phenoxy) is 1. The summed E-state index contributed by atoms with van der Waals surface area (Å²) in [5, 5.41) is 13.6. The second-order valence-corrected chi connectivity index (χ2v) is 13.2. The zero-order valence-electron chi connectivity index (χ0n) is 25.1. The molecule has 3 aliphatic rings. The topological polar surface area (TPSA) is 147 Å². The Balaban J connectivity index is 0.904. The molecule has 1 saturated heterocycles. The van der Waals surface area contributed by atoms with Crippen LogP contribution in [-0.2, 0) is 16.1 Å². The minimum atomic E-state index is -0.401. The number of aromatic nitrogens is 5. The summed E-state index contributed by atoms with van der Waals surface area (Å²) < 4.78 is 6.77. The Morgan fingerprint density at radius 1 is 1.07 bits per heavy atom. The normalized spacial score (nSPS) is 25.3. The largest absolute Gasteiger partial charge is 0.390 e. The summed E-state index contributed by atoms with van der Waals surface area (Å²) in [4.78, 5) is 51.9. The van der Waals surface area contributed by atoms with Crippen LogP contribution in [0.1, 0.15) is 55.3 Å². The highest BCUT2D eigenvalue weighted by Gasteiger charge is 2.41. The van der Waals surface area contributed by atoms with Crippen molar-refractivity contribution in [2.75, 3.05) is 25.0 Å². The summed E-state index contributed by atoms with van der Waals surface area (Å²) in [5.41, 5.74) is 3.05. The first-order chi connectivity index (χ1) is 21.9. The van der Waals surface area contributed by atoms with E-state index >= 15 is 0 Å². The minimum absolute atomic E-state index is 0.00554. The molecule has 2 N–H and O–H groups in total. The van der Waals surface area contributed by atoms with Gasteiger partial charge in [0.1, 0.15) is 12.3 Å². The highest BCUT2D eigenvalue weighted by atomic mass is 32.1. The van der Waals surface area contributed by atoms with Crippen molar-refractivity contribution in [1.29, 1.82) is 0 Å². The zero-order valence-corrected chi connectivity index (χ0v) is 25.9. The average molecular weight is 629 g/mol. The van der Waals surface area contributed by atoms with Gasteiger partial charge in [0.05, 0.1) is 28.6 Å². The van der Waals surface area contributed by atoms with E-state index < -0.39 is 6.10 Å². The van der Waals surface area contributed by atoms with Crippen molar-refractivity contribution >= 4 is 38.5 Å². The second-order valence-electron chi connectivity index (χ2n) is 12.2. The molecule has 4 heterocycles. The maximum atomic E-state index is 13.1. The van der Waals surface area contributed by atoms with Gasteiger partial charge in [-0.1, -0.05) is 17.4 Å². The number of nitrogens with zero attached hydrogens (tertiary/aromatic N) is 7. The summed E-state index contributed by atoms with van der Waals surface area (Å²) in [6, 6.07) is 6.51. The monoisotopic (exact) mass is 628 g/mol. The fourth-order valence-corrected chi connectivity index (χ4v) is 7.48. The number of carbonyl (C=O) groups is 2. The number of piperazine rings is 1. The van der Waals surface area contributed by atoms with Crippen LogP contribution in [0.4, 0.5) is 5.13 Å². The molecule has 0 spiro atoms. The third-order valence-corrected chi connectivity index (χ3v) is 10.1. The maximum absolute atomic E-state index is 13.1. The van der Waals surface area contributed by atoms with Crippen molar-refractivity contribution in [2.45, 2.75) is 69.9 Å². The number of hydrogen-bond donors (Lipinski definition) is 2. The van der Waals surface area contributed by atoms with Crippen LogP contribution in [0, 0.1) is 5.92 Å². The number of nitrogens with one attached hydrogen (secondary N) is 1. The van der Waals surface area contributed by atoms with E-state index in [1.807, 2.05) is 23.1 Å². The third-order valence-electron chi connectivity index (χ3n) is 9.20. The van der Waals surface area contributed by atoms with Gasteiger partial charge in [0.15, 0.2) is 11.0 Å². The fraction of sp³-hybridized carbons (Fsp3) is 0.469. The predicted molar refractivity (Wildman–Crippen MR) is 168 cm³/mol. The van der Waals surface area contributed by atoms with Gasteiger partial charge in [-0.15, -0.1) is 0 Å². The number of aliphatic hydroxyl groups excluding tert-OH is 1. The van der Waals surface area contributed by atoms with Gasteiger partial charge in [0.2, 0.25) is 5.91 Å². The molecule has 13 heteroatoms. The Morgan fingerprint density at radius 3 is 2.64 bits per heavy atom. The fourth-order valence-electron chi connectivity index (χ4n) is 6.57. The van der Waals surface area contributed by atoms with Crippen LogP contribution in [0.15, 0.2) is 49.2 Å². The van der Waals surface area contributed by atoms with E-state index in [1.54, 1.807) is 18.6 Å². The van der Waals surface area contributed by atoms with Gasteiger partial charge in [-0.25, -0.2) is 19.9 Å². The molecule has 0 bridgehead atoms. The first-order valence-electron chi connectivity index (χ1n) is 15.5. The maximum Gasteiger partial charge on any atom is 0.274 e. The van der Waals surface area contributed by atoms with E-state index in [-0.39, 0.29) is 36.5 Å². The molecular formula is C32H36N8O4S. The first-order valence-corrected chi connectivity index (χ1v) is 16.4. The number of benzene rings is 1. The van der Waals surface area contributed by atoms with Crippen LogP contribution in [0.3, 0.4) is 0 Å². The number of amides is 2. The molecule has 0 radical (unpaired) electrons. The number of anilines is 1. The average Bonchev–Trinajstić information content (AvgIpc) is 3.64. The molecule has 3 atom stereocenters. The van der Waals surface area contributed by atoms with Crippen molar-refractivity contribution in [2.24, 2.45) is 5.92 Å². The number of rotatable bonds is 8. The molecule has 7 rings (SSSR count). The molecule has 2 aliphatic carbocycles. The van der Waals surface area contributed by atoms with Gasteiger partial charge in [-0.3, -0.25) is 19.5 Å². The summed E-state index contributed by atoms with van der Waals surface area (Å²) in [6.45, 7) is 4.46. The van der Waals surface area contributed by atoms with E-state index in [0.29, 0.717) is 35.8 Å². The molecule has 234 valence electrons. The van der Waals surface area contributed by atoms with Crippen LogP contribution in [0.25, 0.3) is 21.3 Å². The van der Waals surface area contributed by atoms with E-state index in [9.17, 15) is 14.7 Å². The number of aliphatic hydroxyl groups is 1. The van der Waals surface area contributed by atoms with Crippen molar-refractivity contribution in [3.8, 4) is 11.1 Å². The molecular weight excluding hydrogens is 592 g/mol. The Hall–Kier alpha value is -3.91. The van der Waals surface area contributed by atoms with Crippen LogP contribution in [-0.4, -0.2) is 95.6 Å². The highest BCUT2D eigenvalue weighted by molar-refractivity contribution is 7.22. The van der Waals surface area contributed by atoms with Crippen LogP contribution < -0.4 is 5.32 Å². The van der Waals surface area contributed by atoms with Crippen molar-refractivity contribution in [1.82, 2.24) is 34.7 Å². The van der Waals surface area contributed by atoms with E-state index in [1.165, 1.54) is 23.7 Å². The molecule has 2 saturated carbocycles. The number of fused-ring (bicyclic) bond motifs is 1. The Labute approximate surface area is 264 Å². The minimum Gasteiger partial charge on any atom is -0.390 e. The molecule has 12 nitrogen and oxygen atoms in total. The number of hydrogen-bond acceptors (Lipinski definition) is 11. The van der Waals surface area contributed by atoms with Gasteiger partial charge >= 0.3 is 0 Å². The van der Waals surface area contributed by atoms with Crippen LogP contribution in [0.2, 0.25) is 0 Å². The Morgan fingerprint density at radius 2 is 1.91 bits per heavy atom. The molecule has 3 fully saturated rings. The zero-order chi connectivity index (χ0) is 30.9. The Bertz CT molecular complexity index is 1660. The lowest BCUT2D eigenvalue weighted by Gasteiger charge is -2.49. The summed E-state index contributed by atoms with van der Waals surface area (Å²) in [5.74, 6) is 0.452. The quantitative estimate of drug-likeness (QED) is 0.297. The van der Waals surface area contributed by atoms with Gasteiger partial charge in [0, 0.05) is 68.0 Å². The van der Waals surface area contributed by atoms with Crippen LogP contribution in [0.5, 0.6) is 0 Å². The lowest BCUT2D eigenvalue weighted by Crippen LogP contribution is -2.60. The molecule has 2 amide bonds. The lowest BCUT2D eigenvalue weighted by atomic mass is 9.78. The summed E-state index contributed by atoms with van der Waals surface area (Å²) in [7, 11) is 0. The van der Waals surface area contributed by atoms with Crippen LogP contribution >= 0.6 is 11.3 Å². The van der Waals surface area contributed by atoms with Gasteiger partial charge < -0.3 is 20.1 Å².